The Hall–Kier alpha value is -3.29. The van der Waals surface area contributed by atoms with E-state index in [0.717, 1.165) is 11.4 Å². The summed E-state index contributed by atoms with van der Waals surface area (Å²) >= 11 is 0. The Bertz CT molecular complexity index is 856. The minimum atomic E-state index is -0.331. The number of nitrogens with zero attached hydrogens (tertiary/aromatic N) is 5. The molecule has 1 amide bonds. The zero-order valence-electron chi connectivity index (χ0n) is 13.5. The SMILES string of the molecule is COc1ccc(-n2cnnc2)cc1NC(=O)c1cc(C)nc(C)n1. The molecule has 0 atom stereocenters. The lowest BCUT2D eigenvalue weighted by Crippen LogP contribution is -2.16. The van der Waals surface area contributed by atoms with Gasteiger partial charge in [0.1, 0.15) is 29.9 Å². The molecule has 0 unspecified atom stereocenters. The van der Waals surface area contributed by atoms with Crippen molar-refractivity contribution in [2.75, 3.05) is 12.4 Å². The van der Waals surface area contributed by atoms with Gasteiger partial charge in [0.05, 0.1) is 18.5 Å². The highest BCUT2D eigenvalue weighted by Crippen LogP contribution is 2.27. The number of carbonyl (C=O) groups excluding carboxylic acids is 1. The number of hydrogen-bond donors (Lipinski definition) is 1. The van der Waals surface area contributed by atoms with E-state index in [1.54, 1.807) is 49.5 Å². The van der Waals surface area contributed by atoms with Gasteiger partial charge >= 0.3 is 0 Å². The number of rotatable bonds is 4. The average Bonchev–Trinajstić information content (AvgIpc) is 3.08. The molecule has 1 aromatic carbocycles. The second-order valence-corrected chi connectivity index (χ2v) is 5.15. The molecule has 0 radical (unpaired) electrons. The molecule has 3 rings (SSSR count). The predicted octanol–water partition coefficient (Wildman–Crippen LogP) is 1.94. The van der Waals surface area contributed by atoms with Gasteiger partial charge in [-0.25, -0.2) is 9.97 Å². The van der Waals surface area contributed by atoms with Crippen LogP contribution in [0.5, 0.6) is 5.75 Å². The number of anilines is 1. The highest BCUT2D eigenvalue weighted by molar-refractivity contribution is 6.03. The van der Waals surface area contributed by atoms with Crippen LogP contribution < -0.4 is 10.1 Å². The molecular weight excluding hydrogens is 308 g/mol. The van der Waals surface area contributed by atoms with Crippen LogP contribution in [0.4, 0.5) is 5.69 Å². The Kier molecular flexibility index (Phi) is 4.19. The summed E-state index contributed by atoms with van der Waals surface area (Å²) in [5, 5.41) is 10.4. The Balaban J connectivity index is 1.93. The number of nitrogens with one attached hydrogen (secondary N) is 1. The molecule has 0 saturated heterocycles. The molecule has 8 heteroatoms. The van der Waals surface area contributed by atoms with Crippen LogP contribution in [0.2, 0.25) is 0 Å². The fraction of sp³-hybridized carbons (Fsp3) is 0.188. The minimum Gasteiger partial charge on any atom is -0.495 e. The first-order chi connectivity index (χ1) is 11.6. The third-order valence-corrected chi connectivity index (χ3v) is 3.35. The molecule has 2 heterocycles. The summed E-state index contributed by atoms with van der Waals surface area (Å²) < 4.78 is 7.04. The molecule has 0 aliphatic heterocycles. The van der Waals surface area contributed by atoms with Crippen molar-refractivity contribution in [1.82, 2.24) is 24.7 Å². The van der Waals surface area contributed by atoms with Crippen LogP contribution in [-0.4, -0.2) is 37.7 Å². The fourth-order valence-electron chi connectivity index (χ4n) is 2.31. The number of carbonyl (C=O) groups is 1. The van der Waals surface area contributed by atoms with Crippen molar-refractivity contribution in [3.8, 4) is 11.4 Å². The number of methoxy groups -OCH3 is 1. The van der Waals surface area contributed by atoms with Crippen LogP contribution in [-0.2, 0) is 0 Å². The Morgan fingerprint density at radius 2 is 1.88 bits per heavy atom. The lowest BCUT2D eigenvalue weighted by molar-refractivity contribution is 0.102. The molecule has 3 aromatic rings. The number of hydrogen-bond acceptors (Lipinski definition) is 6. The van der Waals surface area contributed by atoms with Crippen molar-refractivity contribution in [3.05, 3.63) is 54.1 Å². The fourth-order valence-corrected chi connectivity index (χ4v) is 2.31. The van der Waals surface area contributed by atoms with Gasteiger partial charge in [-0.1, -0.05) is 0 Å². The van der Waals surface area contributed by atoms with Crippen molar-refractivity contribution >= 4 is 11.6 Å². The molecule has 0 fully saturated rings. The van der Waals surface area contributed by atoms with Crippen molar-refractivity contribution in [2.45, 2.75) is 13.8 Å². The number of ether oxygens (including phenoxy) is 1. The minimum absolute atomic E-state index is 0.303. The monoisotopic (exact) mass is 324 g/mol. The second kappa shape index (κ2) is 6.45. The standard InChI is InChI=1S/C16H16N6O2/c1-10-6-14(20-11(2)19-10)16(23)21-13-7-12(4-5-15(13)24-3)22-8-17-18-9-22/h4-9H,1-3H3,(H,21,23). The van der Waals surface area contributed by atoms with Crippen molar-refractivity contribution in [2.24, 2.45) is 0 Å². The normalized spacial score (nSPS) is 10.5. The number of benzene rings is 1. The van der Waals surface area contributed by atoms with Crippen molar-refractivity contribution < 1.29 is 9.53 Å². The van der Waals surface area contributed by atoms with E-state index in [2.05, 4.69) is 25.5 Å². The molecule has 0 saturated carbocycles. The second-order valence-electron chi connectivity index (χ2n) is 5.15. The first-order valence-electron chi connectivity index (χ1n) is 7.23. The van der Waals surface area contributed by atoms with Crippen LogP contribution in [0.15, 0.2) is 36.9 Å². The largest absolute Gasteiger partial charge is 0.495 e. The summed E-state index contributed by atoms with van der Waals surface area (Å²) in [6.07, 6.45) is 3.15. The predicted molar refractivity (Wildman–Crippen MR) is 87.4 cm³/mol. The van der Waals surface area contributed by atoms with Gasteiger partial charge in [-0.3, -0.25) is 9.36 Å². The molecule has 2 aromatic heterocycles. The van der Waals surface area contributed by atoms with Gasteiger partial charge in [0, 0.05) is 5.69 Å². The van der Waals surface area contributed by atoms with Crippen LogP contribution in [0.25, 0.3) is 5.69 Å². The van der Waals surface area contributed by atoms with Gasteiger partial charge in [0.2, 0.25) is 0 Å². The third kappa shape index (κ3) is 3.22. The average molecular weight is 324 g/mol. The van der Waals surface area contributed by atoms with Crippen LogP contribution >= 0.6 is 0 Å². The molecule has 24 heavy (non-hydrogen) atoms. The van der Waals surface area contributed by atoms with Gasteiger partial charge in [0.15, 0.2) is 0 Å². The Labute approximate surface area is 138 Å². The van der Waals surface area contributed by atoms with Gasteiger partial charge < -0.3 is 10.1 Å². The molecule has 122 valence electrons. The number of amides is 1. The molecule has 8 nitrogen and oxygen atoms in total. The van der Waals surface area contributed by atoms with Crippen LogP contribution in [0, 0.1) is 13.8 Å². The number of aromatic nitrogens is 5. The van der Waals surface area contributed by atoms with E-state index < -0.39 is 0 Å². The first kappa shape index (κ1) is 15.6. The maximum atomic E-state index is 12.5. The molecule has 1 N–H and O–H groups in total. The molecule has 0 aliphatic rings. The lowest BCUT2D eigenvalue weighted by atomic mass is 10.2. The molecule has 0 spiro atoms. The van der Waals surface area contributed by atoms with E-state index >= 15 is 0 Å². The summed E-state index contributed by atoms with van der Waals surface area (Å²) in [5.74, 6) is 0.760. The molecular formula is C16H16N6O2. The zero-order valence-corrected chi connectivity index (χ0v) is 13.5. The smallest absolute Gasteiger partial charge is 0.274 e. The van der Waals surface area contributed by atoms with Gasteiger partial charge in [-0.05, 0) is 38.1 Å². The Morgan fingerprint density at radius 1 is 1.12 bits per heavy atom. The highest BCUT2D eigenvalue weighted by atomic mass is 16.5. The first-order valence-corrected chi connectivity index (χ1v) is 7.23. The lowest BCUT2D eigenvalue weighted by Gasteiger charge is -2.12. The van der Waals surface area contributed by atoms with E-state index in [9.17, 15) is 4.79 Å². The summed E-state index contributed by atoms with van der Waals surface area (Å²) in [6.45, 7) is 3.57. The molecule has 0 bridgehead atoms. The van der Waals surface area contributed by atoms with E-state index in [1.807, 2.05) is 13.0 Å². The Morgan fingerprint density at radius 3 is 2.54 bits per heavy atom. The zero-order chi connectivity index (χ0) is 17.1. The van der Waals surface area contributed by atoms with E-state index in [0.29, 0.717) is 23.0 Å². The van der Waals surface area contributed by atoms with Crippen LogP contribution in [0.1, 0.15) is 22.0 Å². The van der Waals surface area contributed by atoms with Crippen molar-refractivity contribution in [3.63, 3.8) is 0 Å². The van der Waals surface area contributed by atoms with E-state index in [1.165, 1.54) is 0 Å². The van der Waals surface area contributed by atoms with Gasteiger partial charge in [-0.15, -0.1) is 10.2 Å². The topological polar surface area (TPSA) is 94.8 Å². The third-order valence-electron chi connectivity index (χ3n) is 3.35. The van der Waals surface area contributed by atoms with Crippen LogP contribution in [0.3, 0.4) is 0 Å². The highest BCUT2D eigenvalue weighted by Gasteiger charge is 2.13. The maximum absolute atomic E-state index is 12.5. The maximum Gasteiger partial charge on any atom is 0.274 e. The van der Waals surface area contributed by atoms with E-state index in [4.69, 9.17) is 4.74 Å². The van der Waals surface area contributed by atoms with E-state index in [-0.39, 0.29) is 5.91 Å². The summed E-state index contributed by atoms with van der Waals surface area (Å²) in [4.78, 5) is 20.8. The summed E-state index contributed by atoms with van der Waals surface area (Å²) in [6, 6.07) is 7.03. The number of aryl methyl sites for hydroxylation is 2. The van der Waals surface area contributed by atoms with Crippen molar-refractivity contribution in [1.29, 1.82) is 0 Å². The summed E-state index contributed by atoms with van der Waals surface area (Å²) in [7, 11) is 1.54. The summed E-state index contributed by atoms with van der Waals surface area (Å²) in [5.41, 5.74) is 2.36. The van der Waals surface area contributed by atoms with Gasteiger partial charge in [-0.2, -0.15) is 0 Å². The molecule has 0 aliphatic carbocycles. The van der Waals surface area contributed by atoms with Gasteiger partial charge in [0.25, 0.3) is 5.91 Å². The quantitative estimate of drug-likeness (QED) is 0.788.